The van der Waals surface area contributed by atoms with Gasteiger partial charge in [0.25, 0.3) is 35.1 Å². The summed E-state index contributed by atoms with van der Waals surface area (Å²) in [6, 6.07) is 17.6. The number of benzene rings is 3. The van der Waals surface area contributed by atoms with Gasteiger partial charge < -0.3 is 72.1 Å². The van der Waals surface area contributed by atoms with Crippen molar-refractivity contribution in [1.82, 2.24) is 67.2 Å². The van der Waals surface area contributed by atoms with Crippen LogP contribution < -0.4 is 53.4 Å². The summed E-state index contributed by atoms with van der Waals surface area (Å²) in [7, 11) is 0. The number of imide groups is 2. The number of esters is 1. The second-order valence-electron chi connectivity index (χ2n) is 27.5. The Labute approximate surface area is 634 Å². The number of fused-ring (bicyclic) bond motifs is 5. The van der Waals surface area contributed by atoms with Crippen molar-refractivity contribution in [2.24, 2.45) is 0 Å². The van der Waals surface area contributed by atoms with Crippen molar-refractivity contribution >= 4 is 99.6 Å². The first kappa shape index (κ1) is 81.3. The molecular weight excluding hydrogens is 1450 g/mol. The molecule has 6 aliphatic rings. The summed E-state index contributed by atoms with van der Waals surface area (Å²) in [4.78, 5) is 206. The molecule has 6 heterocycles. The minimum absolute atomic E-state index is 0.0391. The number of aryl methyl sites for hydroxylation is 1. The average molecular weight is 1530 g/mol. The number of cyclic esters (lactones) is 1. The normalized spacial score (nSPS) is 17.0. The van der Waals surface area contributed by atoms with Crippen LogP contribution in [0.25, 0.3) is 22.3 Å². The van der Waals surface area contributed by atoms with E-state index >= 15 is 4.39 Å². The molecule has 13 amide bonds. The molecule has 111 heavy (non-hydrogen) atoms. The first-order valence-electron chi connectivity index (χ1n) is 36.5. The molecule has 11 rings (SSSR count). The number of amides is 13. The monoisotopic (exact) mass is 1530 g/mol. The van der Waals surface area contributed by atoms with Crippen LogP contribution in [-0.4, -0.2) is 189 Å². The summed E-state index contributed by atoms with van der Waals surface area (Å²) in [6.07, 6.45) is 9.96. The molecular formula is C77H86FN13O20. The van der Waals surface area contributed by atoms with Crippen molar-refractivity contribution in [3.63, 3.8) is 0 Å². The van der Waals surface area contributed by atoms with Crippen molar-refractivity contribution in [1.29, 1.82) is 0 Å². The number of carboxylic acid groups (broad SMARTS) is 1. The van der Waals surface area contributed by atoms with Crippen molar-refractivity contribution in [3.8, 4) is 11.4 Å². The molecule has 0 unspecified atom stereocenters. The maximum Gasteiger partial charge on any atom is 0.343 e. The number of carbonyl (C=O) groups is 15. The van der Waals surface area contributed by atoms with Crippen LogP contribution in [0.1, 0.15) is 135 Å². The molecule has 4 atom stereocenters. The van der Waals surface area contributed by atoms with Crippen LogP contribution in [0, 0.1) is 12.7 Å². The fourth-order valence-corrected chi connectivity index (χ4v) is 13.5. The van der Waals surface area contributed by atoms with Gasteiger partial charge in [-0.2, -0.15) is 0 Å². The van der Waals surface area contributed by atoms with Crippen molar-refractivity contribution in [2.45, 2.75) is 153 Å². The molecule has 586 valence electrons. The second-order valence-corrected chi connectivity index (χ2v) is 27.5. The second kappa shape index (κ2) is 36.8. The molecule has 34 heteroatoms. The van der Waals surface area contributed by atoms with Crippen LogP contribution in [0.3, 0.4) is 0 Å². The van der Waals surface area contributed by atoms with E-state index in [-0.39, 0.29) is 99.0 Å². The predicted molar refractivity (Wildman–Crippen MR) is 390 cm³/mol. The van der Waals surface area contributed by atoms with Crippen molar-refractivity contribution in [2.75, 3.05) is 52.5 Å². The Kier molecular flexibility index (Phi) is 27.0. The number of pyridine rings is 2. The third-order valence-corrected chi connectivity index (χ3v) is 19.8. The zero-order valence-corrected chi connectivity index (χ0v) is 61.1. The van der Waals surface area contributed by atoms with Crippen LogP contribution in [0.4, 0.5) is 4.39 Å². The summed E-state index contributed by atoms with van der Waals surface area (Å²) in [6.45, 7) is 0.996. The number of aromatic nitrogens is 2. The van der Waals surface area contributed by atoms with E-state index in [2.05, 4.69) is 47.9 Å². The van der Waals surface area contributed by atoms with Gasteiger partial charge >= 0.3 is 11.9 Å². The van der Waals surface area contributed by atoms with E-state index in [0.29, 0.717) is 115 Å². The number of halogens is 1. The summed E-state index contributed by atoms with van der Waals surface area (Å²) in [5, 5.41) is 44.2. The summed E-state index contributed by atoms with van der Waals surface area (Å²) in [5.41, 5.74) is 1.38. The maximum absolute atomic E-state index is 15.5. The van der Waals surface area contributed by atoms with Gasteiger partial charge in [-0.1, -0.05) is 80.4 Å². The minimum Gasteiger partial charge on any atom is -0.480 e. The number of rotatable bonds is 36. The molecule has 1 saturated carbocycles. The zero-order valence-electron chi connectivity index (χ0n) is 61.1. The van der Waals surface area contributed by atoms with Crippen LogP contribution in [0.2, 0.25) is 0 Å². The highest BCUT2D eigenvalue weighted by molar-refractivity contribution is 6.13. The molecule has 11 N–H and O–H groups in total. The Bertz CT molecular complexity index is 4620. The summed E-state index contributed by atoms with van der Waals surface area (Å²) in [5.74, 6) is -9.10. The molecule has 33 nitrogen and oxygen atoms in total. The number of hydrogen-bond acceptors (Lipinski definition) is 20. The lowest BCUT2D eigenvalue weighted by Crippen LogP contribution is -2.52. The largest absolute Gasteiger partial charge is 0.480 e. The fourth-order valence-electron chi connectivity index (χ4n) is 13.5. The van der Waals surface area contributed by atoms with E-state index in [4.69, 9.17) is 14.5 Å². The van der Waals surface area contributed by atoms with E-state index in [1.165, 1.54) is 34.9 Å². The molecule has 0 saturated heterocycles. The van der Waals surface area contributed by atoms with Gasteiger partial charge in [0, 0.05) is 85.7 Å². The number of nitrogens with zero attached hydrogens (tertiary/aromatic N) is 4. The number of carbonyl (C=O) groups excluding carboxylic acids is 14. The van der Waals surface area contributed by atoms with Gasteiger partial charge in [-0.15, -0.1) is 0 Å². The molecule has 4 aliphatic heterocycles. The number of aliphatic hydroxyl groups is 1. The Morgan fingerprint density at radius 2 is 1.13 bits per heavy atom. The fraction of sp³-hybridized carbons (Fsp3) is 0.416. The third kappa shape index (κ3) is 20.4. The number of nitrogens with one attached hydrogen (secondary N) is 9. The number of unbranched alkanes of at least 4 members (excludes halogenated alkanes) is 4. The Balaban J connectivity index is 0.000000322. The van der Waals surface area contributed by atoms with Gasteiger partial charge in [0.15, 0.2) is 5.60 Å². The van der Waals surface area contributed by atoms with E-state index in [0.717, 1.165) is 20.9 Å². The molecule has 1 fully saturated rings. The van der Waals surface area contributed by atoms with E-state index in [1.807, 2.05) is 0 Å². The van der Waals surface area contributed by atoms with Crippen LogP contribution in [-0.2, 0) is 119 Å². The molecule has 0 spiro atoms. The summed E-state index contributed by atoms with van der Waals surface area (Å²) >= 11 is 0. The number of carboxylic acids is 1. The Morgan fingerprint density at radius 1 is 0.622 bits per heavy atom. The van der Waals surface area contributed by atoms with Gasteiger partial charge in [-0.25, -0.2) is 19.0 Å². The van der Waals surface area contributed by atoms with Gasteiger partial charge in [-0.3, -0.25) is 76.9 Å². The maximum atomic E-state index is 15.5. The lowest BCUT2D eigenvalue weighted by Gasteiger charge is -2.31. The topological polar surface area (TPSA) is 465 Å². The van der Waals surface area contributed by atoms with Crippen LogP contribution in [0.5, 0.6) is 0 Å². The van der Waals surface area contributed by atoms with Gasteiger partial charge in [0.2, 0.25) is 47.3 Å². The highest BCUT2D eigenvalue weighted by atomic mass is 19.1. The SMILES string of the molecule is CC[C@@]1(O)C(=O)OCc2c1cc1n(c2=O)Cc2c-1nc1cc(F)c(C)c3c1c2[C@@H](NC(=O)C1(OCNC(=O)CNC(=O)[C@H](Cc2ccccc2)NC(=O)CNC(=O)CNC(=O)CCCCCN2C(=O)C=CC2=O)CC1)CC3.O=C(CCCCCN1C(=O)C=CC1=O)NCC(=O)NCC(=O)N[C@@H](Cc1ccccc1)C(=O)O. The van der Waals surface area contributed by atoms with Gasteiger partial charge in [0.05, 0.1) is 67.8 Å². The minimum atomic E-state index is -2.05. The zero-order chi connectivity index (χ0) is 79.7. The molecule has 3 aromatic carbocycles. The van der Waals surface area contributed by atoms with Crippen molar-refractivity contribution < 1.29 is 96.0 Å². The Morgan fingerprint density at radius 3 is 1.66 bits per heavy atom. The van der Waals surface area contributed by atoms with Crippen molar-refractivity contribution in [3.05, 3.63) is 158 Å². The molecule has 0 radical (unpaired) electrons. The first-order chi connectivity index (χ1) is 53.2. The molecule has 5 aromatic rings. The lowest BCUT2D eigenvalue weighted by atomic mass is 9.81. The number of hydrogen-bond donors (Lipinski definition) is 11. The quantitative estimate of drug-likeness (QED) is 0.0109. The molecule has 0 bridgehead atoms. The summed E-state index contributed by atoms with van der Waals surface area (Å²) < 4.78 is 28.2. The average Bonchev–Trinajstić information content (AvgIpc) is 1.59. The van der Waals surface area contributed by atoms with E-state index in [9.17, 15) is 86.9 Å². The highest BCUT2D eigenvalue weighted by Crippen LogP contribution is 2.47. The number of aliphatic carboxylic acids is 1. The number of ether oxygens (including phenoxy) is 2. The Hall–Kier alpha value is -12.2. The molecule has 2 aromatic heterocycles. The predicted octanol–water partition coefficient (Wildman–Crippen LogP) is 0.331. The van der Waals surface area contributed by atoms with E-state index < -0.39 is 133 Å². The van der Waals surface area contributed by atoms with Gasteiger partial charge in [0.1, 0.15) is 36.8 Å². The van der Waals surface area contributed by atoms with Crippen LogP contribution >= 0.6 is 0 Å². The highest BCUT2D eigenvalue weighted by Gasteiger charge is 2.53. The first-order valence-corrected chi connectivity index (χ1v) is 36.5. The van der Waals surface area contributed by atoms with E-state index in [1.54, 1.807) is 80.6 Å². The molecule has 2 aliphatic carbocycles. The van der Waals surface area contributed by atoms with Crippen LogP contribution in [0.15, 0.2) is 102 Å². The smallest absolute Gasteiger partial charge is 0.343 e. The lowest BCUT2D eigenvalue weighted by molar-refractivity contribution is -0.172. The standard InChI is InChI=1S/C54H58FN9O13.C23H28N4O7/c1-3-54(75)34-21-39-48-32(26-64(39)50(72)33(34)27-76-52(54)74)47-36(14-13-31-29(2)35(55)22-37(61-48)46(31)47)62-51(73)53(17-18-53)77-28-59-42(67)24-58-49(71)38(20-30-10-6-4-7-11-30)60-43(68)25-57-41(66)23-56-40(65)12-8-5-9-19-63-44(69)15-16-45(63)70;28-18(9-5-2-6-12-27-21(31)10-11-22(27)32)24-14-19(29)25-15-20(30)26-17(23(33)34)13-16-7-3-1-4-8-16/h4,6-7,10-11,15-16,21-22,36,38,75H,3,5,8-9,12-14,17-20,23-28H2,1-2H3,(H,56,65)(H,57,66)(H,58,71)(H,59,67)(H,60,68)(H,62,73);1,3-4,7-8,10-11,17H,2,5-6,9,12-15H2,(H,24,28)(H,25,29)(H,26,30)(H,33,34)/t36-,38-,54-;17-/m00/s1. The van der Waals surface area contributed by atoms with Gasteiger partial charge in [-0.05, 0) is 98.6 Å². The third-order valence-electron chi connectivity index (χ3n) is 19.8.